The van der Waals surface area contributed by atoms with Gasteiger partial charge in [0.15, 0.2) is 0 Å². The van der Waals surface area contributed by atoms with Gasteiger partial charge in [0.2, 0.25) is 0 Å². The highest BCUT2D eigenvalue weighted by Gasteiger charge is 2.30. The number of benzene rings is 1. The summed E-state index contributed by atoms with van der Waals surface area (Å²) in [5.74, 6) is -0.0532. The summed E-state index contributed by atoms with van der Waals surface area (Å²) in [6, 6.07) is 8.21. The maximum atomic E-state index is 12.1. The summed E-state index contributed by atoms with van der Waals surface area (Å²) < 4.78 is 0.583. The van der Waals surface area contributed by atoms with Crippen LogP contribution >= 0.6 is 24.0 Å². The fourth-order valence-electron chi connectivity index (χ4n) is 1.93. The van der Waals surface area contributed by atoms with Gasteiger partial charge in [-0.3, -0.25) is 9.69 Å². The average molecular weight is 330 g/mol. The molecule has 0 bridgehead atoms. The molecule has 0 saturated carbocycles. The van der Waals surface area contributed by atoms with Crippen LogP contribution in [0.25, 0.3) is 6.08 Å². The Kier molecular flexibility index (Phi) is 5.57. The summed E-state index contributed by atoms with van der Waals surface area (Å²) >= 11 is 6.52. The number of thiocarbonyl (C=S) groups is 1. The number of carbonyl (C=O) groups excluding carboxylic acids is 1. The van der Waals surface area contributed by atoms with Crippen molar-refractivity contribution in [2.75, 3.05) is 25.5 Å². The highest BCUT2D eigenvalue weighted by atomic mass is 32.2. The molecular formula is C17H18N2OS2. The van der Waals surface area contributed by atoms with Crippen molar-refractivity contribution in [3.63, 3.8) is 0 Å². The SMILES string of the molecule is C=CCN1C(=O)/C(=C\C=C\c2ccc(N(C)C)cc2)SC1=S. The molecule has 0 aromatic heterocycles. The van der Waals surface area contributed by atoms with Gasteiger partial charge in [-0.1, -0.05) is 54.3 Å². The van der Waals surface area contributed by atoms with Gasteiger partial charge in [-0.15, -0.1) is 6.58 Å². The van der Waals surface area contributed by atoms with Crippen molar-refractivity contribution in [3.05, 3.63) is 59.5 Å². The van der Waals surface area contributed by atoms with Gasteiger partial charge >= 0.3 is 0 Å². The lowest BCUT2D eigenvalue weighted by atomic mass is 10.2. The summed E-state index contributed by atoms with van der Waals surface area (Å²) in [6.07, 6.45) is 7.34. The predicted octanol–water partition coefficient (Wildman–Crippen LogP) is 3.70. The third kappa shape index (κ3) is 3.87. The van der Waals surface area contributed by atoms with Crippen LogP contribution in [0.15, 0.2) is 54.0 Å². The Balaban J connectivity index is 2.06. The predicted molar refractivity (Wildman–Crippen MR) is 100.0 cm³/mol. The summed E-state index contributed by atoms with van der Waals surface area (Å²) in [6.45, 7) is 4.10. The third-order valence-corrected chi connectivity index (χ3v) is 4.53. The van der Waals surface area contributed by atoms with E-state index in [1.165, 1.54) is 11.8 Å². The molecule has 0 spiro atoms. The second kappa shape index (κ2) is 7.42. The minimum absolute atomic E-state index is 0.0532. The van der Waals surface area contributed by atoms with Crippen molar-refractivity contribution in [2.45, 2.75) is 0 Å². The van der Waals surface area contributed by atoms with E-state index in [0.717, 1.165) is 11.3 Å². The standard InChI is InChI=1S/C17H18N2OS2/c1-4-12-19-16(20)15(22-17(19)21)7-5-6-13-8-10-14(11-9-13)18(2)3/h4-11H,1,12H2,2-3H3/b6-5+,15-7+. The van der Waals surface area contributed by atoms with Gasteiger partial charge in [0.05, 0.1) is 4.91 Å². The van der Waals surface area contributed by atoms with Crippen molar-refractivity contribution in [1.82, 2.24) is 4.90 Å². The molecular weight excluding hydrogens is 312 g/mol. The smallest absolute Gasteiger partial charge is 0.266 e. The second-order valence-corrected chi connectivity index (χ2v) is 6.62. The molecule has 1 aliphatic rings. The molecule has 1 fully saturated rings. The van der Waals surface area contributed by atoms with E-state index in [9.17, 15) is 4.79 Å². The van der Waals surface area contributed by atoms with Crippen LogP contribution in [0, 0.1) is 0 Å². The summed E-state index contributed by atoms with van der Waals surface area (Å²) in [4.78, 5) is 16.4. The van der Waals surface area contributed by atoms with Crippen molar-refractivity contribution >= 4 is 46.0 Å². The van der Waals surface area contributed by atoms with E-state index < -0.39 is 0 Å². The van der Waals surface area contributed by atoms with Gasteiger partial charge < -0.3 is 4.90 Å². The minimum atomic E-state index is -0.0532. The molecule has 1 aromatic rings. The molecule has 0 radical (unpaired) electrons. The first kappa shape index (κ1) is 16.5. The molecule has 0 aliphatic carbocycles. The van der Waals surface area contributed by atoms with Crippen molar-refractivity contribution in [3.8, 4) is 0 Å². The van der Waals surface area contributed by atoms with E-state index in [1.54, 1.807) is 11.0 Å². The molecule has 0 atom stereocenters. The highest BCUT2D eigenvalue weighted by molar-refractivity contribution is 8.26. The Bertz CT molecular complexity index is 645. The molecule has 0 N–H and O–H groups in total. The molecule has 1 aromatic carbocycles. The number of carbonyl (C=O) groups is 1. The largest absolute Gasteiger partial charge is 0.378 e. The van der Waals surface area contributed by atoms with Gasteiger partial charge in [0.1, 0.15) is 4.32 Å². The molecule has 114 valence electrons. The number of rotatable bonds is 5. The third-order valence-electron chi connectivity index (χ3n) is 3.13. The van der Waals surface area contributed by atoms with E-state index >= 15 is 0 Å². The Hall–Kier alpha value is -1.85. The van der Waals surface area contributed by atoms with Crippen molar-refractivity contribution in [2.24, 2.45) is 0 Å². The molecule has 5 heteroatoms. The first-order chi connectivity index (χ1) is 10.5. The highest BCUT2D eigenvalue weighted by Crippen LogP contribution is 2.30. The molecule has 22 heavy (non-hydrogen) atoms. The molecule has 0 unspecified atom stereocenters. The van der Waals surface area contributed by atoms with Crippen LogP contribution < -0.4 is 4.90 Å². The van der Waals surface area contributed by atoms with Crippen LogP contribution in [0.5, 0.6) is 0 Å². The van der Waals surface area contributed by atoms with E-state index in [4.69, 9.17) is 12.2 Å². The fourth-order valence-corrected chi connectivity index (χ4v) is 3.16. The fraction of sp³-hybridized carbons (Fsp3) is 0.176. The lowest BCUT2D eigenvalue weighted by Gasteiger charge is -2.11. The van der Waals surface area contributed by atoms with Crippen LogP contribution in [-0.2, 0) is 4.79 Å². The molecule has 2 rings (SSSR count). The number of hydrogen-bond acceptors (Lipinski definition) is 4. The second-order valence-electron chi connectivity index (χ2n) is 4.95. The van der Waals surface area contributed by atoms with Gasteiger partial charge in [0, 0.05) is 26.3 Å². The Morgan fingerprint density at radius 1 is 1.32 bits per heavy atom. The summed E-state index contributed by atoms with van der Waals surface area (Å²) in [5.41, 5.74) is 2.24. The van der Waals surface area contributed by atoms with Crippen LogP contribution in [0.1, 0.15) is 5.56 Å². The lowest BCUT2D eigenvalue weighted by molar-refractivity contribution is -0.121. The Labute approximate surface area is 141 Å². The van der Waals surface area contributed by atoms with Crippen LogP contribution in [0.3, 0.4) is 0 Å². The van der Waals surface area contributed by atoms with Gasteiger partial charge in [-0.2, -0.15) is 0 Å². The maximum absolute atomic E-state index is 12.1. The number of anilines is 1. The van der Waals surface area contributed by atoms with Crippen molar-refractivity contribution < 1.29 is 4.79 Å². The number of amides is 1. The van der Waals surface area contributed by atoms with Crippen LogP contribution in [0.2, 0.25) is 0 Å². The average Bonchev–Trinajstić information content (AvgIpc) is 2.76. The van der Waals surface area contributed by atoms with E-state index in [2.05, 4.69) is 23.6 Å². The minimum Gasteiger partial charge on any atom is -0.378 e. The molecule has 1 aliphatic heterocycles. The zero-order valence-electron chi connectivity index (χ0n) is 12.7. The summed E-state index contributed by atoms with van der Waals surface area (Å²) in [5, 5.41) is 0. The lowest BCUT2D eigenvalue weighted by Crippen LogP contribution is -2.27. The van der Waals surface area contributed by atoms with Crippen molar-refractivity contribution in [1.29, 1.82) is 0 Å². The Morgan fingerprint density at radius 3 is 2.59 bits per heavy atom. The zero-order chi connectivity index (χ0) is 16.1. The molecule has 1 heterocycles. The summed E-state index contributed by atoms with van der Waals surface area (Å²) in [7, 11) is 4.02. The molecule has 3 nitrogen and oxygen atoms in total. The first-order valence-corrected chi connectivity index (χ1v) is 8.05. The van der Waals surface area contributed by atoms with E-state index in [1.807, 2.05) is 44.5 Å². The normalized spacial score (nSPS) is 16.8. The zero-order valence-corrected chi connectivity index (χ0v) is 14.3. The van der Waals surface area contributed by atoms with Gasteiger partial charge in [0.25, 0.3) is 5.91 Å². The maximum Gasteiger partial charge on any atom is 0.266 e. The number of hydrogen-bond donors (Lipinski definition) is 0. The molecule has 1 saturated heterocycles. The molecule has 1 amide bonds. The number of allylic oxidation sites excluding steroid dienone is 2. The quantitative estimate of drug-likeness (QED) is 0.467. The first-order valence-electron chi connectivity index (χ1n) is 6.83. The van der Waals surface area contributed by atoms with Gasteiger partial charge in [-0.25, -0.2) is 0 Å². The number of thioether (sulfide) groups is 1. The van der Waals surface area contributed by atoms with E-state index in [-0.39, 0.29) is 5.91 Å². The van der Waals surface area contributed by atoms with Crippen LogP contribution in [0.4, 0.5) is 5.69 Å². The van der Waals surface area contributed by atoms with E-state index in [0.29, 0.717) is 15.8 Å². The van der Waals surface area contributed by atoms with Gasteiger partial charge in [-0.05, 0) is 23.8 Å². The topological polar surface area (TPSA) is 23.6 Å². The Morgan fingerprint density at radius 2 is 2.00 bits per heavy atom. The van der Waals surface area contributed by atoms with Crippen LogP contribution in [-0.4, -0.2) is 35.8 Å². The monoisotopic (exact) mass is 330 g/mol. The number of nitrogens with zero attached hydrogens (tertiary/aromatic N) is 2.